The zero-order valence-corrected chi connectivity index (χ0v) is 14.5. The minimum atomic E-state index is -1.06. The highest BCUT2D eigenvalue weighted by Crippen LogP contribution is 2.55. The van der Waals surface area contributed by atoms with Crippen LogP contribution in [0.1, 0.15) is 56.7 Å². The predicted octanol–water partition coefficient (Wildman–Crippen LogP) is 3.09. The molecule has 4 nitrogen and oxygen atoms in total. The fraction of sp³-hybridized carbons (Fsp3) is 0.550. The van der Waals surface area contributed by atoms with Crippen molar-refractivity contribution in [3.63, 3.8) is 0 Å². The van der Waals surface area contributed by atoms with Crippen LogP contribution >= 0.6 is 0 Å². The Morgan fingerprint density at radius 2 is 2.04 bits per heavy atom. The molecule has 0 bridgehead atoms. The van der Waals surface area contributed by atoms with Gasteiger partial charge in [-0.3, -0.25) is 0 Å². The molecule has 2 atom stereocenters. The second-order valence-electron chi connectivity index (χ2n) is 8.14. The summed E-state index contributed by atoms with van der Waals surface area (Å²) in [5.41, 5.74) is 3.61. The quantitative estimate of drug-likeness (QED) is 0.778. The zero-order chi connectivity index (χ0) is 17.3. The number of carbonyl (C=O) groups is 1. The molecule has 0 amide bonds. The normalized spacial score (nSPS) is 29.0. The molecule has 1 heterocycles. The number of ether oxygens (including phenoxy) is 1. The molecule has 0 aromatic heterocycles. The molecule has 0 spiro atoms. The van der Waals surface area contributed by atoms with Gasteiger partial charge in [-0.25, -0.2) is 4.79 Å². The molecule has 2 unspecified atom stereocenters. The van der Waals surface area contributed by atoms with Crippen molar-refractivity contribution in [2.75, 3.05) is 6.61 Å². The van der Waals surface area contributed by atoms with Crippen molar-refractivity contribution in [3.8, 4) is 5.75 Å². The van der Waals surface area contributed by atoms with E-state index in [1.165, 1.54) is 5.57 Å². The lowest BCUT2D eigenvalue weighted by Crippen LogP contribution is -2.41. The van der Waals surface area contributed by atoms with Gasteiger partial charge in [0.2, 0.25) is 0 Å². The van der Waals surface area contributed by atoms with Crippen LogP contribution in [0, 0.1) is 5.92 Å². The fourth-order valence-corrected chi connectivity index (χ4v) is 4.99. The summed E-state index contributed by atoms with van der Waals surface area (Å²) in [4.78, 5) is 11.9. The molecule has 128 valence electrons. The third-order valence-corrected chi connectivity index (χ3v) is 6.32. The first-order valence-electron chi connectivity index (χ1n) is 8.70. The van der Waals surface area contributed by atoms with E-state index < -0.39 is 5.60 Å². The molecule has 0 saturated heterocycles. The van der Waals surface area contributed by atoms with Gasteiger partial charge in [-0.05, 0) is 67.6 Å². The van der Waals surface area contributed by atoms with Crippen LogP contribution in [0.5, 0.6) is 5.75 Å². The van der Waals surface area contributed by atoms with E-state index >= 15 is 0 Å². The van der Waals surface area contributed by atoms with Gasteiger partial charge in [-0.1, -0.05) is 19.1 Å². The molecule has 4 rings (SSSR count). The molecule has 1 aliphatic heterocycles. The Balaban J connectivity index is 1.84. The molecule has 1 aromatic carbocycles. The summed E-state index contributed by atoms with van der Waals surface area (Å²) in [5, 5.41) is 21.1. The molecular formula is C20H24O4. The molecule has 0 radical (unpaired) electrons. The first-order chi connectivity index (χ1) is 11.2. The van der Waals surface area contributed by atoms with Gasteiger partial charge in [0.15, 0.2) is 0 Å². The molecule has 1 aromatic rings. The van der Waals surface area contributed by atoms with Gasteiger partial charge in [-0.15, -0.1) is 0 Å². The minimum absolute atomic E-state index is 0.0873. The van der Waals surface area contributed by atoms with Crippen LogP contribution in [0.25, 0.3) is 0 Å². The molecule has 0 saturated carbocycles. The SMILES string of the molecule is CC(C)(O)c1ccc2c(c1O)CCC1C3=C(CCC21C)C(=O)OC3. The number of benzene rings is 1. The maximum atomic E-state index is 11.9. The lowest BCUT2D eigenvalue weighted by atomic mass is 9.56. The van der Waals surface area contributed by atoms with Crippen LogP contribution in [0.2, 0.25) is 0 Å². The molecular weight excluding hydrogens is 304 g/mol. The lowest BCUT2D eigenvalue weighted by Gasteiger charge is -2.47. The molecule has 4 heteroatoms. The predicted molar refractivity (Wildman–Crippen MR) is 89.7 cm³/mol. The minimum Gasteiger partial charge on any atom is -0.507 e. The largest absolute Gasteiger partial charge is 0.507 e. The standard InChI is InChI=1S/C20H24O4/c1-19(2,23)16-7-6-14-12(17(16)21)4-5-15-13-10-24-18(22)11(13)8-9-20(14,15)3/h6-7,15,21,23H,4-5,8-10H2,1-3H3. The number of hydrogen-bond acceptors (Lipinski definition) is 4. The van der Waals surface area contributed by atoms with Crippen LogP contribution in [0.3, 0.4) is 0 Å². The third-order valence-electron chi connectivity index (χ3n) is 6.32. The summed E-state index contributed by atoms with van der Waals surface area (Å²) < 4.78 is 5.27. The Labute approximate surface area is 142 Å². The fourth-order valence-electron chi connectivity index (χ4n) is 4.99. The highest BCUT2D eigenvalue weighted by Gasteiger charge is 2.49. The van der Waals surface area contributed by atoms with E-state index in [1.807, 2.05) is 6.07 Å². The Morgan fingerprint density at radius 3 is 2.75 bits per heavy atom. The summed E-state index contributed by atoms with van der Waals surface area (Å²) in [6.45, 7) is 6.06. The molecule has 0 fully saturated rings. The van der Waals surface area contributed by atoms with Crippen molar-refractivity contribution in [2.45, 2.75) is 57.5 Å². The molecule has 2 aliphatic carbocycles. The van der Waals surface area contributed by atoms with Crippen molar-refractivity contribution >= 4 is 5.97 Å². The van der Waals surface area contributed by atoms with Gasteiger partial charge in [0.25, 0.3) is 0 Å². The number of hydrogen-bond donors (Lipinski definition) is 2. The topological polar surface area (TPSA) is 66.8 Å². The second-order valence-corrected chi connectivity index (χ2v) is 8.14. The van der Waals surface area contributed by atoms with Gasteiger partial charge in [0, 0.05) is 11.1 Å². The Morgan fingerprint density at radius 1 is 1.29 bits per heavy atom. The van der Waals surface area contributed by atoms with Gasteiger partial charge in [-0.2, -0.15) is 0 Å². The first kappa shape index (κ1) is 15.7. The smallest absolute Gasteiger partial charge is 0.334 e. The lowest BCUT2D eigenvalue weighted by molar-refractivity contribution is -0.136. The number of aliphatic hydroxyl groups is 1. The van der Waals surface area contributed by atoms with Gasteiger partial charge < -0.3 is 14.9 Å². The summed E-state index contributed by atoms with van der Waals surface area (Å²) >= 11 is 0. The van der Waals surface area contributed by atoms with Crippen molar-refractivity contribution < 1.29 is 19.7 Å². The van der Waals surface area contributed by atoms with Crippen LogP contribution < -0.4 is 0 Å². The van der Waals surface area contributed by atoms with Crippen molar-refractivity contribution in [1.29, 1.82) is 0 Å². The number of cyclic esters (lactones) is 1. The molecule has 3 aliphatic rings. The first-order valence-corrected chi connectivity index (χ1v) is 8.70. The Hall–Kier alpha value is -1.81. The summed E-state index contributed by atoms with van der Waals surface area (Å²) in [5.74, 6) is 0.392. The number of phenolic OH excluding ortho intramolecular Hbond substituents is 1. The third kappa shape index (κ3) is 1.99. The summed E-state index contributed by atoms with van der Waals surface area (Å²) in [7, 11) is 0. The zero-order valence-electron chi connectivity index (χ0n) is 14.5. The van der Waals surface area contributed by atoms with Crippen molar-refractivity contribution in [1.82, 2.24) is 0 Å². The van der Waals surface area contributed by atoms with E-state index in [9.17, 15) is 15.0 Å². The Kier molecular flexibility index (Phi) is 3.17. The highest BCUT2D eigenvalue weighted by atomic mass is 16.5. The van der Waals surface area contributed by atoms with Crippen LogP contribution in [-0.2, 0) is 27.0 Å². The van der Waals surface area contributed by atoms with E-state index in [2.05, 4.69) is 13.0 Å². The van der Waals surface area contributed by atoms with E-state index in [1.54, 1.807) is 13.8 Å². The second kappa shape index (κ2) is 4.85. The number of carbonyl (C=O) groups excluding carboxylic acids is 1. The van der Waals surface area contributed by atoms with Crippen molar-refractivity contribution in [2.24, 2.45) is 5.92 Å². The van der Waals surface area contributed by atoms with Crippen LogP contribution in [0.4, 0.5) is 0 Å². The average molecular weight is 328 g/mol. The van der Waals surface area contributed by atoms with Crippen LogP contribution in [-0.4, -0.2) is 22.8 Å². The summed E-state index contributed by atoms with van der Waals surface area (Å²) in [6.07, 6.45) is 3.30. The van der Waals surface area contributed by atoms with E-state index in [4.69, 9.17) is 4.74 Å². The average Bonchev–Trinajstić information content (AvgIpc) is 2.87. The van der Waals surface area contributed by atoms with E-state index in [0.29, 0.717) is 18.1 Å². The van der Waals surface area contributed by atoms with E-state index in [0.717, 1.165) is 42.4 Å². The van der Waals surface area contributed by atoms with Gasteiger partial charge >= 0.3 is 5.97 Å². The van der Waals surface area contributed by atoms with E-state index in [-0.39, 0.29) is 17.1 Å². The summed E-state index contributed by atoms with van der Waals surface area (Å²) in [6, 6.07) is 3.92. The number of fused-ring (bicyclic) bond motifs is 4. The number of rotatable bonds is 1. The number of phenols is 1. The number of aromatic hydroxyl groups is 1. The monoisotopic (exact) mass is 328 g/mol. The van der Waals surface area contributed by atoms with Crippen molar-refractivity contribution in [3.05, 3.63) is 40.0 Å². The number of esters is 1. The maximum absolute atomic E-state index is 11.9. The van der Waals surface area contributed by atoms with Crippen LogP contribution in [0.15, 0.2) is 23.3 Å². The molecule has 2 N–H and O–H groups in total. The highest BCUT2D eigenvalue weighted by molar-refractivity contribution is 5.92. The Bertz CT molecular complexity index is 769. The maximum Gasteiger partial charge on any atom is 0.334 e. The van der Waals surface area contributed by atoms with Gasteiger partial charge in [0.05, 0.1) is 5.60 Å². The van der Waals surface area contributed by atoms with Gasteiger partial charge in [0.1, 0.15) is 12.4 Å². The molecule has 24 heavy (non-hydrogen) atoms.